The Morgan fingerprint density at radius 3 is 2.26 bits per heavy atom. The van der Waals surface area contributed by atoms with E-state index in [2.05, 4.69) is 15.0 Å². The van der Waals surface area contributed by atoms with Crippen LogP contribution < -0.4 is 4.74 Å². The fraction of sp³-hybridized carbons (Fsp3) is 0.100. The molecule has 3 N–H and O–H groups in total. The van der Waals surface area contributed by atoms with Crippen LogP contribution in [0.15, 0.2) is 83.0 Å². The molecule has 0 aliphatic heterocycles. The molecule has 1 aromatic heterocycles. The van der Waals surface area contributed by atoms with Crippen LogP contribution in [0.2, 0.25) is 0 Å². The molecule has 1 heterocycles. The molecule has 0 radical (unpaired) electrons. The lowest BCUT2D eigenvalue weighted by molar-refractivity contribution is -0.137. The second-order valence-corrected chi connectivity index (χ2v) is 9.47. The third kappa shape index (κ3) is 5.33. The van der Waals surface area contributed by atoms with Crippen molar-refractivity contribution in [2.75, 3.05) is 0 Å². The van der Waals surface area contributed by atoms with Gasteiger partial charge in [-0.15, -0.1) is 10.2 Å². The first-order valence-corrected chi connectivity index (χ1v) is 12.3. The van der Waals surface area contributed by atoms with Crippen LogP contribution in [0.5, 0.6) is 17.4 Å². The molecule has 0 amide bonds. The number of nitrogens with zero attached hydrogens (tertiary/aromatic N) is 3. The lowest BCUT2D eigenvalue weighted by Gasteiger charge is -2.11. The predicted molar refractivity (Wildman–Crippen MR) is 146 cm³/mol. The van der Waals surface area contributed by atoms with E-state index in [1.54, 1.807) is 32.0 Å². The van der Waals surface area contributed by atoms with Gasteiger partial charge in [-0.05, 0) is 73.0 Å². The van der Waals surface area contributed by atoms with Crippen LogP contribution in [0.1, 0.15) is 16.7 Å². The van der Waals surface area contributed by atoms with Gasteiger partial charge in [0.05, 0.1) is 16.5 Å². The molecule has 5 aromatic rings. The summed E-state index contributed by atoms with van der Waals surface area (Å²) < 4.78 is 61.8. The van der Waals surface area contributed by atoms with Crippen molar-refractivity contribution in [2.24, 2.45) is 10.2 Å². The number of azo groups is 1. The smallest absolute Gasteiger partial charge is 0.505 e. The summed E-state index contributed by atoms with van der Waals surface area (Å²) in [5.74, 6) is -2.32. The van der Waals surface area contributed by atoms with Crippen molar-refractivity contribution < 1.29 is 42.4 Å². The minimum atomic E-state index is -4.86. The molecule has 0 aliphatic rings. The van der Waals surface area contributed by atoms with Crippen molar-refractivity contribution in [1.82, 2.24) is 4.57 Å². The molecule has 0 unspecified atom stereocenters. The fourth-order valence-corrected chi connectivity index (χ4v) is 4.71. The Hall–Kier alpha value is -5.39. The Morgan fingerprint density at radius 2 is 1.60 bits per heavy atom. The third-order valence-corrected chi connectivity index (χ3v) is 6.39. The van der Waals surface area contributed by atoms with Crippen LogP contribution >= 0.6 is 0 Å². The van der Waals surface area contributed by atoms with E-state index in [1.807, 2.05) is 6.07 Å². The monoisotopic (exact) mass is 579 g/mol. The third-order valence-electron chi connectivity index (χ3n) is 6.39. The van der Waals surface area contributed by atoms with Crippen LogP contribution in [0.3, 0.4) is 0 Å². The van der Waals surface area contributed by atoms with E-state index >= 15 is 4.39 Å². The molecule has 8 nitrogen and oxygen atoms in total. The highest BCUT2D eigenvalue weighted by Gasteiger charge is 2.34. The average Bonchev–Trinajstić information content (AvgIpc) is 3.18. The number of alkyl halides is 3. The molecule has 4 aromatic carbocycles. The maximum atomic E-state index is 15.3. The second kappa shape index (κ2) is 10.5. The maximum Gasteiger partial charge on any atom is 0.511 e. The molecule has 0 atom stereocenters. The number of benzene rings is 4. The number of fused-ring (bicyclic) bond motifs is 1. The van der Waals surface area contributed by atoms with Crippen molar-refractivity contribution in [3.05, 3.63) is 95.3 Å². The van der Waals surface area contributed by atoms with Crippen molar-refractivity contribution in [1.29, 1.82) is 0 Å². The quantitative estimate of drug-likeness (QED) is 0.0832. The highest BCUT2D eigenvalue weighted by molar-refractivity contribution is 5.97. The molecule has 0 saturated heterocycles. The van der Waals surface area contributed by atoms with E-state index < -0.39 is 40.7 Å². The molecular formula is C30H21F4N3O5. The average molecular weight is 580 g/mol. The van der Waals surface area contributed by atoms with Crippen LogP contribution in [-0.2, 0) is 6.18 Å². The second-order valence-electron chi connectivity index (χ2n) is 9.47. The number of aromatic hydroxyl groups is 2. The van der Waals surface area contributed by atoms with Gasteiger partial charge in [-0.2, -0.15) is 13.2 Å². The Labute approximate surface area is 235 Å². The standard InChI is InChI=1S/C30H21F4N3O5/c1-15-9-16(2)11-19(10-15)37-24-14-18(30(32,33)34)13-22(31)25(24)26(28(37)39)36-35-23-8-4-7-21(27(23)38)17-5-3-6-20(12-17)42-29(40)41/h3-14,38-39H,1-2H3,(H,40,41). The highest BCUT2D eigenvalue weighted by atomic mass is 19.4. The van der Waals surface area contributed by atoms with Gasteiger partial charge in [0.2, 0.25) is 5.88 Å². The number of carboxylic acid groups (broad SMARTS) is 1. The van der Waals surface area contributed by atoms with E-state index in [1.165, 1.54) is 36.4 Å². The Balaban J connectivity index is 1.67. The van der Waals surface area contributed by atoms with Crippen molar-refractivity contribution in [2.45, 2.75) is 20.0 Å². The number of ether oxygens (including phenoxy) is 1. The van der Waals surface area contributed by atoms with Crippen LogP contribution in [0.25, 0.3) is 27.7 Å². The molecule has 0 fully saturated rings. The first kappa shape index (κ1) is 28.1. The minimum Gasteiger partial charge on any atom is -0.505 e. The SMILES string of the molecule is Cc1cc(C)cc(-n2c(O)c(N=Nc3cccc(-c4cccc(OC(=O)O)c4)c3O)c3c(F)cc(C(F)(F)F)cc32)c1. The predicted octanol–water partition coefficient (Wildman–Crippen LogP) is 8.96. The van der Waals surface area contributed by atoms with Crippen molar-refractivity contribution in [3.8, 4) is 34.2 Å². The van der Waals surface area contributed by atoms with Crippen LogP contribution in [0.4, 0.5) is 33.7 Å². The number of phenolic OH excluding ortho intramolecular Hbond substituents is 1. The summed E-state index contributed by atoms with van der Waals surface area (Å²) in [6.45, 7) is 3.53. The van der Waals surface area contributed by atoms with E-state index in [-0.39, 0.29) is 34.0 Å². The zero-order valence-corrected chi connectivity index (χ0v) is 21.9. The van der Waals surface area contributed by atoms with Gasteiger partial charge >= 0.3 is 12.3 Å². The number of halogens is 4. The molecule has 0 spiro atoms. The number of aromatic nitrogens is 1. The number of carbonyl (C=O) groups is 1. The first-order chi connectivity index (χ1) is 19.8. The van der Waals surface area contributed by atoms with Gasteiger partial charge in [-0.25, -0.2) is 9.18 Å². The molecule has 5 rings (SSSR count). The number of hydrogen-bond acceptors (Lipinski definition) is 6. The summed E-state index contributed by atoms with van der Waals surface area (Å²) in [7, 11) is 0. The molecule has 214 valence electrons. The van der Waals surface area contributed by atoms with Gasteiger partial charge in [0.15, 0.2) is 11.4 Å². The summed E-state index contributed by atoms with van der Waals surface area (Å²) in [4.78, 5) is 10.9. The van der Waals surface area contributed by atoms with E-state index in [0.29, 0.717) is 11.6 Å². The topological polar surface area (TPSA) is 117 Å². The number of aryl methyl sites for hydroxylation is 2. The summed E-state index contributed by atoms with van der Waals surface area (Å²) in [5, 5.41) is 38.5. The van der Waals surface area contributed by atoms with Gasteiger partial charge in [-0.3, -0.25) is 4.57 Å². The normalized spacial score (nSPS) is 11.9. The Kier molecular flexibility index (Phi) is 7.07. The zero-order valence-electron chi connectivity index (χ0n) is 21.9. The van der Waals surface area contributed by atoms with E-state index in [0.717, 1.165) is 21.8 Å². The largest absolute Gasteiger partial charge is 0.511 e. The number of phenols is 1. The molecule has 12 heteroatoms. The lowest BCUT2D eigenvalue weighted by atomic mass is 10.0. The summed E-state index contributed by atoms with van der Waals surface area (Å²) in [6.07, 6.45) is -6.38. The van der Waals surface area contributed by atoms with Gasteiger partial charge < -0.3 is 20.1 Å². The summed E-state index contributed by atoms with van der Waals surface area (Å²) >= 11 is 0. The van der Waals surface area contributed by atoms with Crippen LogP contribution in [0, 0.1) is 19.7 Å². The maximum absolute atomic E-state index is 15.3. The van der Waals surface area contributed by atoms with Gasteiger partial charge in [0.1, 0.15) is 17.3 Å². The van der Waals surface area contributed by atoms with E-state index in [4.69, 9.17) is 5.11 Å². The number of hydrogen-bond donors (Lipinski definition) is 3. The van der Waals surface area contributed by atoms with Gasteiger partial charge in [0, 0.05) is 11.3 Å². The van der Waals surface area contributed by atoms with Crippen molar-refractivity contribution in [3.63, 3.8) is 0 Å². The first-order valence-electron chi connectivity index (χ1n) is 12.3. The van der Waals surface area contributed by atoms with Gasteiger partial charge in [0.25, 0.3) is 0 Å². The molecular weight excluding hydrogens is 558 g/mol. The molecule has 0 aliphatic carbocycles. The summed E-state index contributed by atoms with van der Waals surface area (Å²) in [5.41, 5.74) is 0.290. The highest BCUT2D eigenvalue weighted by Crippen LogP contribution is 2.46. The Morgan fingerprint density at radius 1 is 0.905 bits per heavy atom. The fourth-order valence-electron chi connectivity index (χ4n) is 4.71. The van der Waals surface area contributed by atoms with Crippen LogP contribution in [-0.4, -0.2) is 26.0 Å². The summed E-state index contributed by atoms with van der Waals surface area (Å²) in [6, 6.07) is 16.4. The molecule has 42 heavy (non-hydrogen) atoms. The number of para-hydroxylation sites is 1. The van der Waals surface area contributed by atoms with Gasteiger partial charge in [-0.1, -0.05) is 30.3 Å². The minimum absolute atomic E-state index is 0.00393. The van der Waals surface area contributed by atoms with Crippen molar-refractivity contribution >= 4 is 28.4 Å². The Bertz CT molecular complexity index is 1880. The molecule has 0 saturated carbocycles. The molecule has 0 bridgehead atoms. The zero-order chi connectivity index (χ0) is 30.3. The lowest BCUT2D eigenvalue weighted by Crippen LogP contribution is -2.06. The van der Waals surface area contributed by atoms with E-state index in [9.17, 15) is 28.2 Å². The number of rotatable bonds is 5.